The van der Waals surface area contributed by atoms with E-state index >= 15 is 0 Å². The van der Waals surface area contributed by atoms with Crippen molar-refractivity contribution in [1.29, 1.82) is 0 Å². The van der Waals surface area contributed by atoms with Gasteiger partial charge in [0.15, 0.2) is 11.5 Å². The van der Waals surface area contributed by atoms with Crippen LogP contribution in [0.3, 0.4) is 0 Å². The van der Waals surface area contributed by atoms with Crippen molar-refractivity contribution in [2.75, 3.05) is 9.62 Å². The highest BCUT2D eigenvalue weighted by atomic mass is 32.2. The first-order valence-corrected chi connectivity index (χ1v) is 10.6. The van der Waals surface area contributed by atoms with Crippen molar-refractivity contribution in [3.8, 4) is 5.75 Å². The van der Waals surface area contributed by atoms with E-state index in [2.05, 4.69) is 11.9 Å². The summed E-state index contributed by atoms with van der Waals surface area (Å²) in [5.41, 5.74) is 5.17. The van der Waals surface area contributed by atoms with Gasteiger partial charge in [0.25, 0.3) is 10.0 Å². The van der Waals surface area contributed by atoms with Crippen LogP contribution in [0.5, 0.6) is 5.75 Å². The summed E-state index contributed by atoms with van der Waals surface area (Å²) in [4.78, 5) is 12.0. The number of carbonyl (C=O) groups excluding carboxylic acids is 1. The molecule has 0 unspecified atom stereocenters. The van der Waals surface area contributed by atoms with Crippen LogP contribution in [0.25, 0.3) is 0 Å². The number of nitrogens with one attached hydrogen (secondary N) is 1. The lowest BCUT2D eigenvalue weighted by atomic mass is 10.2. The molecule has 1 heterocycles. The highest BCUT2D eigenvalue weighted by Gasteiger charge is 2.36. The van der Waals surface area contributed by atoms with E-state index in [4.69, 9.17) is 15.2 Å². The summed E-state index contributed by atoms with van der Waals surface area (Å²) < 4.78 is 51.8. The molecule has 10 heteroatoms. The van der Waals surface area contributed by atoms with Gasteiger partial charge in [-0.05, 0) is 63.2 Å². The summed E-state index contributed by atoms with van der Waals surface area (Å²) in [7, 11) is -4.21. The fourth-order valence-corrected chi connectivity index (χ4v) is 4.27. The largest absolute Gasteiger partial charge is 0.451 e. The third kappa shape index (κ3) is 4.64. The molecular formula is C21H22FN3O5S. The molecule has 0 radical (unpaired) electrons. The average molecular weight is 447 g/mol. The van der Waals surface area contributed by atoms with Crippen molar-refractivity contribution in [3.05, 3.63) is 72.5 Å². The van der Waals surface area contributed by atoms with E-state index in [0.717, 1.165) is 34.8 Å². The second kappa shape index (κ2) is 7.95. The van der Waals surface area contributed by atoms with E-state index in [9.17, 15) is 17.6 Å². The summed E-state index contributed by atoms with van der Waals surface area (Å²) in [5, 5.41) is 2.55. The minimum atomic E-state index is -4.21. The third-order valence-electron chi connectivity index (χ3n) is 4.08. The van der Waals surface area contributed by atoms with Gasteiger partial charge in [0, 0.05) is 11.9 Å². The Balaban J connectivity index is 2.07. The molecule has 0 saturated heterocycles. The van der Waals surface area contributed by atoms with E-state index in [1.165, 1.54) is 18.2 Å². The zero-order chi connectivity index (χ0) is 23.0. The number of hydrogen-bond acceptors (Lipinski definition) is 6. The van der Waals surface area contributed by atoms with Gasteiger partial charge >= 0.3 is 6.09 Å². The standard InChI is InChI=1S/C21H22FN3O5S/c1-13-19(12-23)29-18-10-7-15(24-20(26)30-21(2,3)4)11-17(18)25(13)31(27,28)16-8-5-14(22)6-9-16/h5-12H,1,23H2,2-4H3,(H,24,26)/b19-12+. The number of ether oxygens (including phenoxy) is 2. The number of halogens is 1. The van der Waals surface area contributed by atoms with E-state index in [-0.39, 0.29) is 33.5 Å². The number of amides is 1. The van der Waals surface area contributed by atoms with Gasteiger partial charge in [-0.15, -0.1) is 0 Å². The number of rotatable bonds is 3. The van der Waals surface area contributed by atoms with Crippen molar-refractivity contribution >= 4 is 27.5 Å². The lowest BCUT2D eigenvalue weighted by Crippen LogP contribution is -2.35. The Morgan fingerprint density at radius 2 is 1.87 bits per heavy atom. The quantitative estimate of drug-likeness (QED) is 0.734. The normalized spacial score (nSPS) is 15.3. The van der Waals surface area contributed by atoms with Crippen molar-refractivity contribution in [1.82, 2.24) is 0 Å². The summed E-state index contributed by atoms with van der Waals surface area (Å²) in [6.07, 6.45) is 0.379. The number of nitrogens with two attached hydrogens (primary N) is 1. The number of fused-ring (bicyclic) bond motifs is 1. The molecule has 1 aliphatic rings. The highest BCUT2D eigenvalue weighted by molar-refractivity contribution is 7.93. The fourth-order valence-electron chi connectivity index (χ4n) is 2.80. The minimum Gasteiger partial charge on any atom is -0.451 e. The van der Waals surface area contributed by atoms with Crippen LogP contribution in [-0.2, 0) is 14.8 Å². The molecule has 0 aliphatic carbocycles. The van der Waals surface area contributed by atoms with Gasteiger partial charge < -0.3 is 15.2 Å². The Morgan fingerprint density at radius 1 is 1.23 bits per heavy atom. The molecule has 8 nitrogen and oxygen atoms in total. The average Bonchev–Trinajstić information content (AvgIpc) is 2.66. The fraction of sp³-hybridized carbons (Fsp3) is 0.190. The van der Waals surface area contributed by atoms with Crippen molar-refractivity contribution in [2.24, 2.45) is 5.73 Å². The molecule has 0 saturated carbocycles. The molecule has 0 atom stereocenters. The molecule has 3 N–H and O–H groups in total. The molecule has 31 heavy (non-hydrogen) atoms. The number of nitrogens with zero attached hydrogens (tertiary/aromatic N) is 1. The Hall–Kier alpha value is -3.53. The molecule has 2 aromatic rings. The maximum Gasteiger partial charge on any atom is 0.412 e. The molecule has 164 valence electrons. The Kier molecular flexibility index (Phi) is 5.68. The van der Waals surface area contributed by atoms with Crippen molar-refractivity contribution < 1.29 is 27.1 Å². The molecule has 1 amide bonds. The van der Waals surface area contributed by atoms with Gasteiger partial charge in [0.1, 0.15) is 17.1 Å². The van der Waals surface area contributed by atoms with Gasteiger partial charge in [-0.1, -0.05) is 6.58 Å². The van der Waals surface area contributed by atoms with E-state index in [1.807, 2.05) is 0 Å². The molecule has 0 aromatic heterocycles. The SMILES string of the molecule is C=C1/C(=C\N)Oc2ccc(NC(=O)OC(C)(C)C)cc2N1S(=O)(=O)c1ccc(F)cc1. The molecule has 0 bridgehead atoms. The lowest BCUT2D eigenvalue weighted by Gasteiger charge is -2.33. The van der Waals surface area contributed by atoms with Crippen LogP contribution >= 0.6 is 0 Å². The molecular weight excluding hydrogens is 425 g/mol. The summed E-state index contributed by atoms with van der Waals surface area (Å²) in [5.74, 6) is -0.373. The van der Waals surface area contributed by atoms with Crippen LogP contribution in [0.2, 0.25) is 0 Å². The predicted octanol–water partition coefficient (Wildman–Crippen LogP) is 4.07. The number of carbonyl (C=O) groups is 1. The number of sulfonamides is 1. The number of benzene rings is 2. The van der Waals surface area contributed by atoms with Crippen LogP contribution in [-0.4, -0.2) is 20.1 Å². The summed E-state index contributed by atoms with van der Waals surface area (Å²) in [6.45, 7) is 8.93. The number of anilines is 2. The Bertz CT molecular complexity index is 1170. The van der Waals surface area contributed by atoms with Crippen LogP contribution in [0.1, 0.15) is 20.8 Å². The van der Waals surface area contributed by atoms with E-state index in [0.29, 0.717) is 0 Å². The molecule has 2 aromatic carbocycles. The highest BCUT2D eigenvalue weighted by Crippen LogP contribution is 2.43. The topological polar surface area (TPSA) is 111 Å². The van der Waals surface area contributed by atoms with Crippen LogP contribution in [0.4, 0.5) is 20.6 Å². The Labute approximate surface area is 179 Å². The van der Waals surface area contributed by atoms with Crippen LogP contribution < -0.4 is 20.1 Å². The van der Waals surface area contributed by atoms with Crippen molar-refractivity contribution in [2.45, 2.75) is 31.3 Å². The number of hydrogen-bond donors (Lipinski definition) is 2. The summed E-state index contributed by atoms with van der Waals surface area (Å²) >= 11 is 0. The summed E-state index contributed by atoms with van der Waals surface area (Å²) in [6, 6.07) is 8.76. The smallest absolute Gasteiger partial charge is 0.412 e. The second-order valence-corrected chi connectivity index (χ2v) is 9.40. The lowest BCUT2D eigenvalue weighted by molar-refractivity contribution is 0.0636. The molecule has 1 aliphatic heterocycles. The molecule has 0 fully saturated rings. The van der Waals surface area contributed by atoms with E-state index < -0.39 is 27.5 Å². The van der Waals surface area contributed by atoms with Crippen molar-refractivity contribution in [3.63, 3.8) is 0 Å². The third-order valence-corrected chi connectivity index (χ3v) is 5.84. The van der Waals surface area contributed by atoms with Gasteiger partial charge in [0.2, 0.25) is 0 Å². The zero-order valence-electron chi connectivity index (χ0n) is 17.2. The first-order valence-electron chi connectivity index (χ1n) is 9.16. The van der Waals surface area contributed by atoms with Gasteiger partial charge in [0.05, 0.1) is 10.6 Å². The van der Waals surface area contributed by atoms with Crippen LogP contribution in [0.15, 0.2) is 71.6 Å². The van der Waals surface area contributed by atoms with E-state index in [1.54, 1.807) is 20.8 Å². The minimum absolute atomic E-state index is 0.0334. The first-order chi connectivity index (χ1) is 14.4. The van der Waals surface area contributed by atoms with Gasteiger partial charge in [-0.3, -0.25) is 5.32 Å². The first kappa shape index (κ1) is 22.2. The molecule has 0 spiro atoms. The predicted molar refractivity (Wildman–Crippen MR) is 114 cm³/mol. The second-order valence-electron chi connectivity index (χ2n) is 7.61. The monoisotopic (exact) mass is 447 g/mol. The zero-order valence-corrected chi connectivity index (χ0v) is 18.0. The van der Waals surface area contributed by atoms with Gasteiger partial charge in [-0.25, -0.2) is 21.9 Å². The van der Waals surface area contributed by atoms with Gasteiger partial charge in [-0.2, -0.15) is 0 Å². The maximum atomic E-state index is 13.4. The Morgan fingerprint density at radius 3 is 2.45 bits per heavy atom. The molecule has 3 rings (SSSR count). The van der Waals surface area contributed by atoms with Crippen LogP contribution in [0, 0.1) is 5.82 Å². The maximum absolute atomic E-state index is 13.4.